The van der Waals surface area contributed by atoms with Crippen molar-refractivity contribution < 1.29 is 18.3 Å². The highest BCUT2D eigenvalue weighted by atomic mass is 19.4. The summed E-state index contributed by atoms with van der Waals surface area (Å²) in [6.45, 7) is 3.90. The lowest BCUT2D eigenvalue weighted by atomic mass is 9.88. The van der Waals surface area contributed by atoms with Crippen LogP contribution < -0.4 is 5.73 Å². The van der Waals surface area contributed by atoms with E-state index in [1.165, 1.54) is 0 Å². The van der Waals surface area contributed by atoms with Crippen LogP contribution in [-0.4, -0.2) is 23.9 Å². The van der Waals surface area contributed by atoms with E-state index in [-0.39, 0.29) is 24.8 Å². The molecule has 0 rings (SSSR count). The summed E-state index contributed by atoms with van der Waals surface area (Å²) in [7, 11) is 0. The first-order chi connectivity index (χ1) is 6.28. The van der Waals surface area contributed by atoms with Crippen molar-refractivity contribution in [1.29, 1.82) is 0 Å². The molecule has 3 N–H and O–H groups in total. The van der Waals surface area contributed by atoms with Gasteiger partial charge in [-0.2, -0.15) is 13.2 Å². The maximum Gasteiger partial charge on any atom is 0.389 e. The number of rotatable bonds is 5. The Bertz CT molecular complexity index is 159. The molecule has 2 unspecified atom stereocenters. The van der Waals surface area contributed by atoms with E-state index in [4.69, 9.17) is 5.73 Å². The van der Waals surface area contributed by atoms with Crippen LogP contribution in [0.3, 0.4) is 0 Å². The van der Waals surface area contributed by atoms with Crippen LogP contribution in [0.5, 0.6) is 0 Å². The van der Waals surface area contributed by atoms with E-state index < -0.39 is 18.7 Å². The van der Waals surface area contributed by atoms with Gasteiger partial charge in [0.15, 0.2) is 0 Å². The number of halogens is 3. The minimum atomic E-state index is -4.20. The molecule has 0 saturated heterocycles. The molecule has 0 aliphatic rings. The van der Waals surface area contributed by atoms with E-state index >= 15 is 0 Å². The van der Waals surface area contributed by atoms with Gasteiger partial charge in [0, 0.05) is 6.42 Å². The molecule has 5 heteroatoms. The summed E-state index contributed by atoms with van der Waals surface area (Å²) in [4.78, 5) is 0. The molecule has 0 fully saturated rings. The van der Waals surface area contributed by atoms with E-state index in [9.17, 15) is 18.3 Å². The van der Waals surface area contributed by atoms with Gasteiger partial charge >= 0.3 is 6.18 Å². The Morgan fingerprint density at radius 3 is 2.07 bits per heavy atom. The van der Waals surface area contributed by atoms with Crippen molar-refractivity contribution in [3.63, 3.8) is 0 Å². The molecule has 0 saturated carbocycles. The summed E-state index contributed by atoms with van der Waals surface area (Å²) in [5, 5.41) is 9.46. The molecule has 2 nitrogen and oxygen atoms in total. The molecule has 0 aliphatic carbocycles. The predicted molar refractivity (Wildman–Crippen MR) is 48.7 cm³/mol. The average Bonchev–Trinajstić information content (AvgIpc) is 2.00. The normalized spacial score (nSPS) is 17.1. The molecule has 0 bridgehead atoms. The highest BCUT2D eigenvalue weighted by molar-refractivity contribution is 4.73. The van der Waals surface area contributed by atoms with Crippen LogP contribution in [0.15, 0.2) is 0 Å². The third-order valence-electron chi connectivity index (χ3n) is 2.35. The van der Waals surface area contributed by atoms with Gasteiger partial charge in [-0.15, -0.1) is 0 Å². The lowest BCUT2D eigenvalue weighted by molar-refractivity contribution is -0.142. The fraction of sp³-hybridized carbons (Fsp3) is 1.00. The molecular weight excluding hydrogens is 195 g/mol. The number of nitrogens with two attached hydrogens (primary N) is 1. The summed E-state index contributed by atoms with van der Waals surface area (Å²) >= 11 is 0. The van der Waals surface area contributed by atoms with Gasteiger partial charge in [0.25, 0.3) is 0 Å². The van der Waals surface area contributed by atoms with E-state index in [0.717, 1.165) is 0 Å². The summed E-state index contributed by atoms with van der Waals surface area (Å²) in [5.74, 6) is -0.152. The number of aliphatic hydroxyl groups is 1. The first-order valence-electron chi connectivity index (χ1n) is 4.72. The number of hydrogen-bond acceptors (Lipinski definition) is 2. The van der Waals surface area contributed by atoms with Crippen molar-refractivity contribution in [2.24, 2.45) is 17.6 Å². The zero-order valence-corrected chi connectivity index (χ0v) is 8.51. The second kappa shape index (κ2) is 5.56. The molecule has 0 aliphatic heterocycles. The number of alkyl halides is 3. The largest absolute Gasteiger partial charge is 0.393 e. The second-order valence-corrected chi connectivity index (χ2v) is 3.86. The van der Waals surface area contributed by atoms with Crippen molar-refractivity contribution in [2.75, 3.05) is 6.54 Å². The van der Waals surface area contributed by atoms with Gasteiger partial charge < -0.3 is 10.8 Å². The SMILES string of the molecule is CC(C)C(CN)C(O)CCC(F)(F)F. The van der Waals surface area contributed by atoms with Crippen LogP contribution in [0.4, 0.5) is 13.2 Å². The molecule has 0 aromatic rings. The van der Waals surface area contributed by atoms with Gasteiger partial charge in [-0.05, 0) is 24.8 Å². The van der Waals surface area contributed by atoms with Crippen LogP contribution >= 0.6 is 0 Å². The van der Waals surface area contributed by atoms with Gasteiger partial charge in [0.1, 0.15) is 0 Å². The molecule has 14 heavy (non-hydrogen) atoms. The van der Waals surface area contributed by atoms with Crippen LogP contribution in [0, 0.1) is 11.8 Å². The maximum atomic E-state index is 11.8. The summed E-state index contributed by atoms with van der Waals surface area (Å²) in [5.41, 5.74) is 5.37. The smallest absolute Gasteiger partial charge is 0.389 e. The Hall–Kier alpha value is -0.290. The monoisotopic (exact) mass is 213 g/mol. The van der Waals surface area contributed by atoms with Crippen LogP contribution in [-0.2, 0) is 0 Å². The third-order valence-corrected chi connectivity index (χ3v) is 2.35. The lowest BCUT2D eigenvalue weighted by Gasteiger charge is -2.25. The Balaban J connectivity index is 3.99. The Kier molecular flexibility index (Phi) is 5.44. The molecule has 0 aromatic carbocycles. The number of hydrogen-bond donors (Lipinski definition) is 2. The lowest BCUT2D eigenvalue weighted by Crippen LogP contribution is -2.32. The Morgan fingerprint density at radius 2 is 1.79 bits per heavy atom. The third kappa shape index (κ3) is 5.44. The number of aliphatic hydroxyl groups excluding tert-OH is 1. The van der Waals surface area contributed by atoms with Crippen LogP contribution in [0.1, 0.15) is 26.7 Å². The van der Waals surface area contributed by atoms with Crippen LogP contribution in [0.2, 0.25) is 0 Å². The highest BCUT2D eigenvalue weighted by Gasteiger charge is 2.30. The minimum Gasteiger partial charge on any atom is -0.393 e. The zero-order chi connectivity index (χ0) is 11.4. The standard InChI is InChI=1S/C9H18F3NO/c1-6(2)7(5-13)8(14)3-4-9(10,11)12/h6-8,14H,3-5,13H2,1-2H3. The second-order valence-electron chi connectivity index (χ2n) is 3.86. The van der Waals surface area contributed by atoms with Gasteiger partial charge in [-0.1, -0.05) is 13.8 Å². The van der Waals surface area contributed by atoms with Gasteiger partial charge in [0.2, 0.25) is 0 Å². The van der Waals surface area contributed by atoms with E-state index in [2.05, 4.69) is 0 Å². The molecule has 0 heterocycles. The molecule has 2 atom stereocenters. The topological polar surface area (TPSA) is 46.2 Å². The average molecular weight is 213 g/mol. The Labute approximate surface area is 82.3 Å². The van der Waals surface area contributed by atoms with Gasteiger partial charge in [-0.25, -0.2) is 0 Å². The first-order valence-corrected chi connectivity index (χ1v) is 4.72. The molecule has 0 spiro atoms. The Morgan fingerprint density at radius 1 is 1.29 bits per heavy atom. The molecule has 0 amide bonds. The van der Waals surface area contributed by atoms with Gasteiger partial charge in [0.05, 0.1) is 6.10 Å². The predicted octanol–water partition coefficient (Wildman–Crippen LogP) is 1.92. The quantitative estimate of drug-likeness (QED) is 0.733. The fourth-order valence-electron chi connectivity index (χ4n) is 1.40. The highest BCUT2D eigenvalue weighted by Crippen LogP contribution is 2.25. The maximum absolute atomic E-state index is 11.8. The van der Waals surface area contributed by atoms with Crippen molar-refractivity contribution >= 4 is 0 Å². The first kappa shape index (κ1) is 13.7. The fourth-order valence-corrected chi connectivity index (χ4v) is 1.40. The van der Waals surface area contributed by atoms with Crippen LogP contribution in [0.25, 0.3) is 0 Å². The molecule has 86 valence electrons. The van der Waals surface area contributed by atoms with E-state index in [1.807, 2.05) is 13.8 Å². The van der Waals surface area contributed by atoms with Gasteiger partial charge in [-0.3, -0.25) is 0 Å². The van der Waals surface area contributed by atoms with E-state index in [0.29, 0.717) is 0 Å². The molecular formula is C9H18F3NO. The van der Waals surface area contributed by atoms with Crippen molar-refractivity contribution in [3.05, 3.63) is 0 Å². The van der Waals surface area contributed by atoms with Crippen molar-refractivity contribution in [3.8, 4) is 0 Å². The van der Waals surface area contributed by atoms with Crippen molar-refractivity contribution in [2.45, 2.75) is 39.0 Å². The summed E-state index contributed by atoms with van der Waals surface area (Å²) < 4.78 is 35.5. The summed E-state index contributed by atoms with van der Waals surface area (Å²) in [6.07, 6.45) is -6.36. The van der Waals surface area contributed by atoms with E-state index in [1.54, 1.807) is 0 Å². The molecule has 0 radical (unpaired) electrons. The minimum absolute atomic E-state index is 0.100. The van der Waals surface area contributed by atoms with Crippen molar-refractivity contribution in [1.82, 2.24) is 0 Å². The molecule has 0 aromatic heterocycles. The summed E-state index contributed by atoms with van der Waals surface area (Å²) in [6, 6.07) is 0. The zero-order valence-electron chi connectivity index (χ0n) is 8.51.